The van der Waals surface area contributed by atoms with Gasteiger partial charge < -0.3 is 23.4 Å². The van der Waals surface area contributed by atoms with Gasteiger partial charge in [0.05, 0.1) is 30.0 Å². The van der Waals surface area contributed by atoms with Crippen molar-refractivity contribution in [3.63, 3.8) is 0 Å². The molecule has 0 amide bonds. The van der Waals surface area contributed by atoms with Crippen LogP contribution >= 0.6 is 23.2 Å². The van der Waals surface area contributed by atoms with Crippen LogP contribution in [-0.2, 0) is 4.74 Å². The van der Waals surface area contributed by atoms with Crippen LogP contribution in [-0.4, -0.2) is 37.8 Å². The number of imidazole rings is 2. The van der Waals surface area contributed by atoms with E-state index in [0.717, 1.165) is 22.5 Å². The number of methoxy groups -OCH3 is 1. The Morgan fingerprint density at radius 3 is 1.68 bits per heavy atom. The number of rotatable bonds is 4. The van der Waals surface area contributed by atoms with Crippen LogP contribution in [0.15, 0.2) is 97.6 Å². The van der Waals surface area contributed by atoms with E-state index in [4.69, 9.17) is 27.9 Å². The molecule has 194 valence electrons. The molecule has 0 fully saturated rings. The van der Waals surface area contributed by atoms with E-state index in [1.165, 1.54) is 19.2 Å². The third kappa shape index (κ3) is 6.55. The maximum Gasteiger partial charge on any atom is 1.00 e. The van der Waals surface area contributed by atoms with Gasteiger partial charge in [-0.1, -0.05) is 47.5 Å². The van der Waals surface area contributed by atoms with Crippen LogP contribution in [0.3, 0.4) is 0 Å². The number of carbonyl (C=O) groups excluding carboxylic acids is 2. The third-order valence-electron chi connectivity index (χ3n) is 5.82. The fourth-order valence-corrected chi connectivity index (χ4v) is 4.29. The number of pyridine rings is 2. The van der Waals surface area contributed by atoms with Crippen molar-refractivity contribution in [3.8, 4) is 22.5 Å². The second kappa shape index (κ2) is 12.7. The molecule has 0 spiro atoms. The molecule has 0 radical (unpaired) electrons. The van der Waals surface area contributed by atoms with Gasteiger partial charge in [-0.25, -0.2) is 14.8 Å². The average Bonchev–Trinajstić information content (AvgIpc) is 3.56. The van der Waals surface area contributed by atoms with E-state index in [-0.39, 0.29) is 41.1 Å². The smallest absolute Gasteiger partial charge is 0.545 e. The van der Waals surface area contributed by atoms with E-state index in [9.17, 15) is 14.7 Å². The Labute approximate surface area is 261 Å². The number of carboxylic acids is 1. The molecule has 0 unspecified atom stereocenters. The van der Waals surface area contributed by atoms with Gasteiger partial charge in [-0.15, -0.1) is 0 Å². The van der Waals surface area contributed by atoms with Crippen LogP contribution in [0.5, 0.6) is 0 Å². The second-order valence-electron chi connectivity index (χ2n) is 8.41. The number of ether oxygens (including phenoxy) is 1. The minimum Gasteiger partial charge on any atom is -0.545 e. The van der Waals surface area contributed by atoms with Crippen molar-refractivity contribution < 1.29 is 49.0 Å². The monoisotopic (exact) mass is 580 g/mol. The Hall–Kier alpha value is -3.66. The fraction of sp³-hybridized carbons (Fsp3) is 0.0345. The number of halogens is 2. The molecule has 6 rings (SSSR count). The van der Waals surface area contributed by atoms with Crippen molar-refractivity contribution in [1.82, 2.24) is 18.8 Å². The summed E-state index contributed by atoms with van der Waals surface area (Å²) in [6, 6.07) is 21.2. The number of hydrogen-bond donors (Lipinski definition) is 0. The number of fused-ring (bicyclic) bond motifs is 2. The minimum atomic E-state index is -1.21. The summed E-state index contributed by atoms with van der Waals surface area (Å²) in [5.74, 6) is -1.59. The zero-order valence-electron chi connectivity index (χ0n) is 21.4. The van der Waals surface area contributed by atoms with Gasteiger partial charge in [0.15, 0.2) is 0 Å². The topological polar surface area (TPSA) is 101 Å². The molecule has 0 aliphatic carbocycles. The summed E-state index contributed by atoms with van der Waals surface area (Å²) in [7, 11) is 1.36. The summed E-state index contributed by atoms with van der Waals surface area (Å²) < 4.78 is 8.30. The summed E-state index contributed by atoms with van der Waals surface area (Å²) >= 11 is 11.9. The van der Waals surface area contributed by atoms with Crippen molar-refractivity contribution in [2.45, 2.75) is 0 Å². The summed E-state index contributed by atoms with van der Waals surface area (Å²) in [4.78, 5) is 31.2. The molecule has 0 N–H and O–H groups in total. The van der Waals surface area contributed by atoms with Crippen molar-refractivity contribution >= 4 is 46.4 Å². The number of carboxylic acid groups (broad SMARTS) is 1. The molecule has 2 aromatic carbocycles. The van der Waals surface area contributed by atoms with E-state index in [0.29, 0.717) is 26.9 Å². The molecule has 0 bridgehead atoms. The second-order valence-corrected chi connectivity index (χ2v) is 9.29. The number of esters is 1. The summed E-state index contributed by atoms with van der Waals surface area (Å²) in [6.07, 6.45) is 7.13. The number of benzene rings is 2. The van der Waals surface area contributed by atoms with Gasteiger partial charge in [0, 0.05) is 51.5 Å². The minimum absolute atomic E-state index is 0. The fourth-order valence-electron chi connectivity index (χ4n) is 3.91. The Balaban J connectivity index is 0.000000181. The van der Waals surface area contributed by atoms with E-state index in [1.807, 2.05) is 59.3 Å². The largest absolute Gasteiger partial charge is 1.00 e. The van der Waals surface area contributed by atoms with Crippen LogP contribution in [0.2, 0.25) is 10.0 Å². The molecule has 0 atom stereocenters. The molecule has 0 saturated heterocycles. The van der Waals surface area contributed by atoms with Gasteiger partial charge in [0.25, 0.3) is 0 Å². The van der Waals surface area contributed by atoms with Crippen LogP contribution in [0.1, 0.15) is 20.7 Å². The molecule has 0 saturated carbocycles. The van der Waals surface area contributed by atoms with Crippen molar-refractivity contribution in [1.29, 1.82) is 0 Å². The molecule has 4 heterocycles. The van der Waals surface area contributed by atoms with E-state index in [2.05, 4.69) is 9.97 Å². The molecule has 0 aliphatic heterocycles. The molecular formula is C29H19Cl2N4NaO4. The van der Waals surface area contributed by atoms with Crippen molar-refractivity contribution in [2.75, 3.05) is 7.11 Å². The SMILES string of the molecule is COC(=O)c1ccn2cc(-c3cccc(Cl)c3)nc2c1.O=C([O-])c1ccn2cc(-c3cccc(Cl)c3)nc2c1.[Na+]. The van der Waals surface area contributed by atoms with Crippen molar-refractivity contribution in [2.24, 2.45) is 0 Å². The van der Waals surface area contributed by atoms with Gasteiger partial charge >= 0.3 is 35.5 Å². The number of carbonyl (C=O) groups is 2. The summed E-state index contributed by atoms with van der Waals surface area (Å²) in [6.45, 7) is 0. The quantitative estimate of drug-likeness (QED) is 0.234. The first kappa shape index (κ1) is 29.3. The average molecular weight is 581 g/mol. The van der Waals surface area contributed by atoms with E-state index >= 15 is 0 Å². The van der Waals surface area contributed by atoms with Crippen LogP contribution in [0.25, 0.3) is 33.8 Å². The molecule has 6 aromatic rings. The molecule has 4 aromatic heterocycles. The molecule has 11 heteroatoms. The number of hydrogen-bond acceptors (Lipinski definition) is 6. The molecule has 8 nitrogen and oxygen atoms in total. The Bertz CT molecular complexity index is 1850. The normalized spacial score (nSPS) is 10.5. The predicted octanol–water partition coefficient (Wildman–Crippen LogP) is 2.46. The molecule has 0 aliphatic rings. The standard InChI is InChI=1S/C15H11ClN2O2.C14H9ClN2O2.Na/c1-20-15(19)11-5-6-18-9-13(17-14(18)8-11)10-3-2-4-12(16)7-10;15-11-3-1-2-9(6-11)12-8-17-5-4-10(14(18)19)7-13(17)16-12;/h2-9H,1H3;1-8H,(H,18,19);/q;;+1/p-1. The van der Waals surface area contributed by atoms with Crippen LogP contribution in [0, 0.1) is 0 Å². The predicted molar refractivity (Wildman–Crippen MR) is 147 cm³/mol. The van der Waals surface area contributed by atoms with Crippen molar-refractivity contribution in [3.05, 3.63) is 119 Å². The first-order chi connectivity index (χ1) is 18.8. The van der Waals surface area contributed by atoms with E-state index < -0.39 is 5.97 Å². The van der Waals surface area contributed by atoms with Crippen LogP contribution in [0.4, 0.5) is 0 Å². The number of nitrogens with zero attached hydrogens (tertiary/aromatic N) is 4. The molecular weight excluding hydrogens is 562 g/mol. The summed E-state index contributed by atoms with van der Waals surface area (Å²) in [5, 5.41) is 12.1. The third-order valence-corrected chi connectivity index (χ3v) is 6.29. The van der Waals surface area contributed by atoms with Crippen LogP contribution < -0.4 is 34.7 Å². The molecule has 40 heavy (non-hydrogen) atoms. The van der Waals surface area contributed by atoms with Gasteiger partial charge in [-0.3, -0.25) is 0 Å². The maximum absolute atomic E-state index is 11.5. The van der Waals surface area contributed by atoms with Gasteiger partial charge in [0.1, 0.15) is 11.3 Å². The van der Waals surface area contributed by atoms with Gasteiger partial charge in [-0.2, -0.15) is 0 Å². The first-order valence-corrected chi connectivity index (χ1v) is 12.4. The maximum atomic E-state index is 11.5. The van der Waals surface area contributed by atoms with Gasteiger partial charge in [0.2, 0.25) is 0 Å². The zero-order chi connectivity index (χ0) is 27.5. The summed E-state index contributed by atoms with van der Waals surface area (Å²) in [5.41, 5.74) is 5.16. The number of aromatic carboxylic acids is 1. The first-order valence-electron chi connectivity index (χ1n) is 11.6. The van der Waals surface area contributed by atoms with E-state index in [1.54, 1.807) is 35.0 Å². The Kier molecular flexibility index (Phi) is 9.29. The Morgan fingerprint density at radius 1 is 0.750 bits per heavy atom. The number of aromatic nitrogens is 4. The van der Waals surface area contributed by atoms with Gasteiger partial charge in [-0.05, 0) is 48.5 Å². The zero-order valence-corrected chi connectivity index (χ0v) is 24.9. The Morgan fingerprint density at radius 2 is 1.23 bits per heavy atom.